The molecule has 3 N–H and O–H groups in total. The molecule has 1 amide bonds. The number of rotatable bonds is 50. The molecule has 0 saturated carbocycles. The lowest BCUT2D eigenvalue weighted by atomic mass is 10.0. The highest BCUT2D eigenvalue weighted by molar-refractivity contribution is 5.77. The molecular weight excluding hydrogens is 767 g/mol. The first-order valence-corrected chi connectivity index (χ1v) is 27.6. The van der Waals surface area contributed by atoms with Gasteiger partial charge in [-0.25, -0.2) is 0 Å². The number of amides is 1. The summed E-state index contributed by atoms with van der Waals surface area (Å²) < 4.78 is 5.94. The van der Waals surface area contributed by atoms with E-state index < -0.39 is 18.2 Å². The van der Waals surface area contributed by atoms with Gasteiger partial charge in [0, 0.05) is 6.42 Å². The van der Waals surface area contributed by atoms with Gasteiger partial charge in [0.2, 0.25) is 5.91 Å². The van der Waals surface area contributed by atoms with Gasteiger partial charge in [0.15, 0.2) is 0 Å². The van der Waals surface area contributed by atoms with Crippen LogP contribution in [0.1, 0.15) is 297 Å². The van der Waals surface area contributed by atoms with Crippen LogP contribution < -0.4 is 5.32 Å². The van der Waals surface area contributed by atoms with Gasteiger partial charge >= 0.3 is 5.97 Å². The molecule has 0 fully saturated rings. The molecule has 6 heteroatoms. The summed E-state index contributed by atoms with van der Waals surface area (Å²) in [6.07, 6.45) is 58.1. The Bertz CT molecular complexity index is 981. The maximum Gasteiger partial charge on any atom is 0.306 e. The first-order chi connectivity index (χ1) is 30.5. The Balaban J connectivity index is 4.46. The first-order valence-electron chi connectivity index (χ1n) is 27.6. The topological polar surface area (TPSA) is 95.9 Å². The maximum atomic E-state index is 13.2. The van der Waals surface area contributed by atoms with E-state index in [1.807, 2.05) is 0 Å². The van der Waals surface area contributed by atoms with Crippen LogP contribution in [0.15, 0.2) is 24.3 Å². The van der Waals surface area contributed by atoms with Crippen LogP contribution in [0.2, 0.25) is 0 Å². The molecule has 0 aliphatic carbocycles. The number of hydrogen-bond acceptors (Lipinski definition) is 5. The molecule has 0 spiro atoms. The number of allylic oxidation sites excluding steroid dienone is 4. The smallest absolute Gasteiger partial charge is 0.306 e. The minimum atomic E-state index is -0.785. The first kappa shape index (κ1) is 60.3. The fourth-order valence-corrected chi connectivity index (χ4v) is 8.65. The second-order valence-corrected chi connectivity index (χ2v) is 19.0. The van der Waals surface area contributed by atoms with Crippen LogP contribution in [0.3, 0.4) is 0 Å². The Morgan fingerprint density at radius 1 is 0.484 bits per heavy atom. The van der Waals surface area contributed by atoms with Gasteiger partial charge < -0.3 is 20.3 Å². The second kappa shape index (κ2) is 50.3. The number of hydrogen-bond donors (Lipinski definition) is 3. The Morgan fingerprint density at radius 3 is 1.31 bits per heavy atom. The molecule has 0 radical (unpaired) electrons. The van der Waals surface area contributed by atoms with Crippen LogP contribution in [-0.2, 0) is 14.3 Å². The normalized spacial score (nSPS) is 13.3. The number of ether oxygens (including phenoxy) is 1. The average molecular weight is 874 g/mol. The molecule has 0 aliphatic rings. The Labute approximate surface area is 386 Å². The zero-order chi connectivity index (χ0) is 45.2. The van der Waals surface area contributed by atoms with Crippen molar-refractivity contribution in [3.05, 3.63) is 24.3 Å². The molecule has 0 aromatic rings. The van der Waals surface area contributed by atoms with Crippen molar-refractivity contribution in [3.8, 4) is 0 Å². The largest absolute Gasteiger partial charge is 0.462 e. The Hall–Kier alpha value is -1.66. The van der Waals surface area contributed by atoms with Gasteiger partial charge in [0.25, 0.3) is 0 Å². The van der Waals surface area contributed by atoms with Gasteiger partial charge in [0.1, 0.15) is 6.10 Å². The van der Waals surface area contributed by atoms with Crippen molar-refractivity contribution in [1.29, 1.82) is 0 Å². The SMILES string of the molecule is CC/C=C/C/C=C/CCCCCCCCCC(=O)OC(CCCCCCCCCCCCCC)CC(=O)NC(CO)C(O)CCCCCCCCCCCCCCCCCCC. The summed E-state index contributed by atoms with van der Waals surface area (Å²) in [5, 5.41) is 23.9. The second-order valence-electron chi connectivity index (χ2n) is 19.0. The summed E-state index contributed by atoms with van der Waals surface area (Å²) in [4.78, 5) is 26.2. The van der Waals surface area contributed by atoms with Gasteiger partial charge in [0.05, 0.1) is 25.2 Å². The van der Waals surface area contributed by atoms with E-state index in [4.69, 9.17) is 4.74 Å². The summed E-state index contributed by atoms with van der Waals surface area (Å²) in [6.45, 7) is 6.41. The Morgan fingerprint density at radius 2 is 0.871 bits per heavy atom. The molecule has 3 atom stereocenters. The molecule has 0 aromatic heterocycles. The van der Waals surface area contributed by atoms with E-state index in [2.05, 4.69) is 50.4 Å². The number of unbranched alkanes of at least 4 members (excludes halogenated alkanes) is 34. The lowest BCUT2D eigenvalue weighted by Crippen LogP contribution is -2.46. The molecule has 3 unspecified atom stereocenters. The summed E-state index contributed by atoms with van der Waals surface area (Å²) in [5.74, 6) is -0.467. The van der Waals surface area contributed by atoms with Gasteiger partial charge in [-0.3, -0.25) is 9.59 Å². The zero-order valence-electron chi connectivity index (χ0n) is 41.8. The summed E-state index contributed by atoms with van der Waals surface area (Å²) in [7, 11) is 0. The number of aliphatic hydroxyl groups is 2. The number of aliphatic hydroxyl groups excluding tert-OH is 2. The van der Waals surface area contributed by atoms with Crippen molar-refractivity contribution < 1.29 is 24.5 Å². The molecule has 0 rings (SSSR count). The van der Waals surface area contributed by atoms with Crippen LogP contribution in [0.5, 0.6) is 0 Å². The highest BCUT2D eigenvalue weighted by Crippen LogP contribution is 2.19. The van der Waals surface area contributed by atoms with Crippen molar-refractivity contribution in [3.63, 3.8) is 0 Å². The van der Waals surface area contributed by atoms with Crippen LogP contribution >= 0.6 is 0 Å². The lowest BCUT2D eigenvalue weighted by Gasteiger charge is -2.24. The molecule has 0 saturated heterocycles. The van der Waals surface area contributed by atoms with E-state index in [1.165, 1.54) is 186 Å². The average Bonchev–Trinajstić information content (AvgIpc) is 3.26. The third-order valence-electron chi connectivity index (χ3n) is 12.8. The molecule has 366 valence electrons. The standard InChI is InChI=1S/C56H107NO5/c1-4-7-10-13-16-19-22-25-27-28-29-30-33-36-39-42-45-48-54(59)53(51-58)57-55(60)50-52(47-44-41-38-35-32-24-21-18-15-12-9-6-3)62-56(61)49-46-43-40-37-34-31-26-23-20-17-14-11-8-5-2/h8,11,17,20,52-54,58-59H,4-7,9-10,12-16,18-19,21-51H2,1-3H3,(H,57,60)/b11-8+,20-17+. The van der Waals surface area contributed by atoms with Crippen LogP contribution in [0, 0.1) is 0 Å². The predicted octanol–water partition coefficient (Wildman–Crippen LogP) is 16.7. The number of carbonyl (C=O) groups excluding carboxylic acids is 2. The van der Waals surface area contributed by atoms with E-state index in [9.17, 15) is 19.8 Å². The molecule has 0 aromatic carbocycles. The molecular formula is C56H107NO5. The number of esters is 1. The van der Waals surface area contributed by atoms with Gasteiger partial charge in [-0.05, 0) is 51.4 Å². The van der Waals surface area contributed by atoms with Gasteiger partial charge in [-0.2, -0.15) is 0 Å². The van der Waals surface area contributed by atoms with E-state index in [1.54, 1.807) is 0 Å². The summed E-state index contributed by atoms with van der Waals surface area (Å²) in [5.41, 5.74) is 0. The number of carbonyl (C=O) groups is 2. The molecule has 62 heavy (non-hydrogen) atoms. The highest BCUT2D eigenvalue weighted by atomic mass is 16.5. The van der Waals surface area contributed by atoms with E-state index in [0.29, 0.717) is 19.3 Å². The third kappa shape index (κ3) is 44.9. The van der Waals surface area contributed by atoms with Crippen LogP contribution in [-0.4, -0.2) is 46.9 Å². The van der Waals surface area contributed by atoms with Crippen molar-refractivity contribution in [2.45, 2.75) is 315 Å². The summed E-state index contributed by atoms with van der Waals surface area (Å²) in [6, 6.07) is -0.698. The minimum Gasteiger partial charge on any atom is -0.462 e. The van der Waals surface area contributed by atoms with Crippen molar-refractivity contribution in [2.75, 3.05) is 6.61 Å². The minimum absolute atomic E-state index is 0.0801. The van der Waals surface area contributed by atoms with E-state index >= 15 is 0 Å². The van der Waals surface area contributed by atoms with Gasteiger partial charge in [-0.1, -0.05) is 257 Å². The summed E-state index contributed by atoms with van der Waals surface area (Å²) >= 11 is 0. The van der Waals surface area contributed by atoms with Crippen LogP contribution in [0.25, 0.3) is 0 Å². The fourth-order valence-electron chi connectivity index (χ4n) is 8.65. The molecule has 0 heterocycles. The van der Waals surface area contributed by atoms with Crippen molar-refractivity contribution in [2.24, 2.45) is 0 Å². The monoisotopic (exact) mass is 874 g/mol. The van der Waals surface area contributed by atoms with E-state index in [0.717, 1.165) is 64.2 Å². The zero-order valence-corrected chi connectivity index (χ0v) is 41.8. The van der Waals surface area contributed by atoms with Crippen LogP contribution in [0.4, 0.5) is 0 Å². The van der Waals surface area contributed by atoms with E-state index in [-0.39, 0.29) is 24.9 Å². The van der Waals surface area contributed by atoms with Gasteiger partial charge in [-0.15, -0.1) is 0 Å². The third-order valence-corrected chi connectivity index (χ3v) is 12.8. The van der Waals surface area contributed by atoms with Crippen molar-refractivity contribution >= 4 is 11.9 Å². The quantitative estimate of drug-likeness (QED) is 0.0321. The molecule has 0 bridgehead atoms. The Kier molecular flexibility index (Phi) is 49.0. The predicted molar refractivity (Wildman–Crippen MR) is 269 cm³/mol. The fraction of sp³-hybridized carbons (Fsp3) is 0.893. The lowest BCUT2D eigenvalue weighted by molar-refractivity contribution is -0.151. The number of nitrogens with one attached hydrogen (secondary N) is 1. The van der Waals surface area contributed by atoms with Crippen molar-refractivity contribution in [1.82, 2.24) is 5.32 Å². The molecule has 6 nitrogen and oxygen atoms in total. The maximum absolute atomic E-state index is 13.2. The molecule has 0 aliphatic heterocycles. The highest BCUT2D eigenvalue weighted by Gasteiger charge is 2.24.